The van der Waals surface area contributed by atoms with Gasteiger partial charge in [-0.05, 0) is 50.3 Å². The molecule has 1 aliphatic heterocycles. The van der Waals surface area contributed by atoms with Crippen molar-refractivity contribution in [1.82, 2.24) is 35.5 Å². The number of pyridine rings is 1. The summed E-state index contributed by atoms with van der Waals surface area (Å²) in [6.07, 6.45) is 6.50. The fourth-order valence-electron chi connectivity index (χ4n) is 4.02. The quantitative estimate of drug-likeness (QED) is 0.349. The molecule has 2 N–H and O–H groups in total. The van der Waals surface area contributed by atoms with E-state index in [1.165, 1.54) is 11.8 Å². The Morgan fingerprint density at radius 2 is 1.89 bits per heavy atom. The van der Waals surface area contributed by atoms with Crippen LogP contribution in [0.15, 0.2) is 60.0 Å². The van der Waals surface area contributed by atoms with Crippen LogP contribution < -0.4 is 10.7 Å². The van der Waals surface area contributed by atoms with Gasteiger partial charge < -0.3 is 5.32 Å². The zero-order valence-electron chi connectivity index (χ0n) is 19.2. The smallest absolute Gasteiger partial charge is 0.322 e. The molecule has 4 amide bonds. The first-order valence-electron chi connectivity index (χ1n) is 11.4. The first-order chi connectivity index (χ1) is 16.9. The lowest BCUT2D eigenvalue weighted by Gasteiger charge is -2.21. The van der Waals surface area contributed by atoms with Gasteiger partial charge in [0.15, 0.2) is 11.0 Å². The van der Waals surface area contributed by atoms with E-state index < -0.39 is 23.4 Å². The summed E-state index contributed by atoms with van der Waals surface area (Å²) in [5, 5.41) is 12.7. The summed E-state index contributed by atoms with van der Waals surface area (Å²) in [6, 6.07) is 13.1. The topological polar surface area (TPSA) is 122 Å². The fourth-order valence-corrected chi connectivity index (χ4v) is 4.81. The van der Waals surface area contributed by atoms with Crippen LogP contribution in [-0.2, 0) is 16.0 Å². The Morgan fingerprint density at radius 1 is 1.14 bits per heavy atom. The largest absolute Gasteiger partial charge is 0.344 e. The van der Waals surface area contributed by atoms with Crippen LogP contribution in [0.3, 0.4) is 0 Å². The van der Waals surface area contributed by atoms with Gasteiger partial charge in [0.1, 0.15) is 5.54 Å². The van der Waals surface area contributed by atoms with Crippen LogP contribution in [-0.4, -0.2) is 53.9 Å². The Bertz CT molecular complexity index is 1250. The third-order valence-electron chi connectivity index (χ3n) is 6.10. The Labute approximate surface area is 206 Å². The van der Waals surface area contributed by atoms with E-state index in [0.717, 1.165) is 34.8 Å². The highest BCUT2D eigenvalue weighted by Crippen LogP contribution is 2.41. The molecule has 3 heterocycles. The molecule has 10 nitrogen and oxygen atoms in total. The predicted octanol–water partition coefficient (Wildman–Crippen LogP) is 2.74. The average molecular weight is 492 g/mol. The summed E-state index contributed by atoms with van der Waals surface area (Å²) in [6.45, 7) is 1.68. The highest BCUT2D eigenvalue weighted by atomic mass is 32.2. The van der Waals surface area contributed by atoms with Crippen molar-refractivity contribution in [1.29, 1.82) is 0 Å². The molecule has 2 fully saturated rings. The van der Waals surface area contributed by atoms with Gasteiger partial charge in [-0.3, -0.25) is 24.6 Å². The SMILES string of the molecule is CC1(CCc2ccccc2)NC(=O)N(NC(=O)CSc2nnc(-c3ccncc3)n2C2CC2)C1=O. The van der Waals surface area contributed by atoms with E-state index in [0.29, 0.717) is 24.0 Å². The number of benzene rings is 1. The number of nitrogens with zero attached hydrogens (tertiary/aromatic N) is 5. The summed E-state index contributed by atoms with van der Waals surface area (Å²) in [7, 11) is 0. The lowest BCUT2D eigenvalue weighted by atomic mass is 9.93. The van der Waals surface area contributed by atoms with E-state index >= 15 is 0 Å². The number of carbonyl (C=O) groups is 3. The summed E-state index contributed by atoms with van der Waals surface area (Å²) in [5.41, 5.74) is 3.34. The van der Waals surface area contributed by atoms with E-state index in [4.69, 9.17) is 0 Å². The van der Waals surface area contributed by atoms with Crippen molar-refractivity contribution in [3.8, 4) is 11.4 Å². The first kappa shape index (κ1) is 23.0. The molecule has 11 heteroatoms. The second kappa shape index (κ2) is 9.49. The molecule has 2 aromatic heterocycles. The van der Waals surface area contributed by atoms with E-state index in [-0.39, 0.29) is 5.75 Å². The van der Waals surface area contributed by atoms with Crippen molar-refractivity contribution in [2.24, 2.45) is 0 Å². The minimum absolute atomic E-state index is 0.0149. The zero-order chi connectivity index (χ0) is 24.4. The molecule has 3 aromatic rings. The third-order valence-corrected chi connectivity index (χ3v) is 7.04. The highest BCUT2D eigenvalue weighted by Gasteiger charge is 2.48. The van der Waals surface area contributed by atoms with E-state index in [2.05, 4.69) is 25.9 Å². The van der Waals surface area contributed by atoms with Crippen molar-refractivity contribution in [3.63, 3.8) is 0 Å². The molecule has 5 rings (SSSR count). The molecule has 2 aliphatic rings. The maximum absolute atomic E-state index is 13.0. The van der Waals surface area contributed by atoms with Crippen molar-refractivity contribution in [2.45, 2.75) is 49.3 Å². The van der Waals surface area contributed by atoms with E-state index in [9.17, 15) is 14.4 Å². The lowest BCUT2D eigenvalue weighted by Crippen LogP contribution is -2.49. The molecule has 180 valence electrons. The van der Waals surface area contributed by atoms with Crippen molar-refractivity contribution in [2.75, 3.05) is 5.75 Å². The molecule has 0 radical (unpaired) electrons. The molecular weight excluding hydrogens is 466 g/mol. The number of thioether (sulfide) groups is 1. The molecular formula is C24H25N7O3S. The average Bonchev–Trinajstić information content (AvgIpc) is 3.59. The van der Waals surface area contributed by atoms with Gasteiger partial charge in [-0.1, -0.05) is 42.1 Å². The normalized spacial score (nSPS) is 19.6. The molecule has 0 spiro atoms. The van der Waals surface area contributed by atoms with Crippen LogP contribution >= 0.6 is 11.8 Å². The number of urea groups is 1. The maximum Gasteiger partial charge on any atom is 0.344 e. The molecule has 1 aromatic carbocycles. The summed E-state index contributed by atoms with van der Waals surface area (Å²) < 4.78 is 2.04. The molecule has 35 heavy (non-hydrogen) atoms. The highest BCUT2D eigenvalue weighted by molar-refractivity contribution is 7.99. The monoisotopic (exact) mass is 491 g/mol. The predicted molar refractivity (Wildman–Crippen MR) is 129 cm³/mol. The summed E-state index contributed by atoms with van der Waals surface area (Å²) in [4.78, 5) is 42.1. The van der Waals surface area contributed by atoms with Crippen LogP contribution in [0.5, 0.6) is 0 Å². The number of hydrazine groups is 1. The Balaban J connectivity index is 1.20. The van der Waals surface area contributed by atoms with Crippen LogP contribution in [0.2, 0.25) is 0 Å². The number of aromatic nitrogens is 4. The van der Waals surface area contributed by atoms with Crippen molar-refractivity contribution in [3.05, 3.63) is 60.4 Å². The van der Waals surface area contributed by atoms with Gasteiger partial charge in [-0.2, -0.15) is 5.01 Å². The molecule has 1 unspecified atom stereocenters. The van der Waals surface area contributed by atoms with Crippen LogP contribution in [0.1, 0.15) is 37.8 Å². The van der Waals surface area contributed by atoms with E-state index in [1.807, 2.05) is 47.0 Å². The number of imide groups is 1. The van der Waals surface area contributed by atoms with Gasteiger partial charge in [-0.25, -0.2) is 4.79 Å². The van der Waals surface area contributed by atoms with Crippen LogP contribution in [0, 0.1) is 0 Å². The van der Waals surface area contributed by atoms with Gasteiger partial charge in [0.25, 0.3) is 5.91 Å². The van der Waals surface area contributed by atoms with Gasteiger partial charge >= 0.3 is 6.03 Å². The molecule has 1 saturated carbocycles. The molecule has 0 bridgehead atoms. The number of hydrogen-bond donors (Lipinski definition) is 2. The standard InChI is InChI=1S/C24H25N7O3S/c1-24(12-9-16-5-3-2-4-6-16)21(33)31(22(34)26-24)29-19(32)15-35-23-28-27-20(30(23)18-7-8-18)17-10-13-25-14-11-17/h2-6,10-11,13-14,18H,7-9,12,15H2,1H3,(H,26,34)(H,29,32). The minimum atomic E-state index is -1.08. The molecule has 1 atom stereocenters. The number of hydrogen-bond acceptors (Lipinski definition) is 7. The zero-order valence-corrected chi connectivity index (χ0v) is 20.0. The second-order valence-electron chi connectivity index (χ2n) is 8.86. The van der Waals surface area contributed by atoms with Crippen molar-refractivity contribution >= 4 is 29.6 Å². The summed E-state index contributed by atoms with van der Waals surface area (Å²) >= 11 is 1.22. The first-order valence-corrected chi connectivity index (χ1v) is 12.4. The molecule has 1 aliphatic carbocycles. The fraction of sp³-hybridized carbons (Fsp3) is 0.333. The number of aryl methyl sites for hydroxylation is 1. The van der Waals surface area contributed by atoms with Crippen LogP contribution in [0.4, 0.5) is 4.79 Å². The van der Waals surface area contributed by atoms with E-state index in [1.54, 1.807) is 19.3 Å². The minimum Gasteiger partial charge on any atom is -0.322 e. The van der Waals surface area contributed by atoms with Gasteiger partial charge in [0.2, 0.25) is 5.91 Å². The third kappa shape index (κ3) is 4.90. The van der Waals surface area contributed by atoms with Gasteiger partial charge in [0.05, 0.1) is 5.75 Å². The number of rotatable bonds is 9. The van der Waals surface area contributed by atoms with Gasteiger partial charge in [0, 0.05) is 24.0 Å². The number of amides is 4. The van der Waals surface area contributed by atoms with Gasteiger partial charge in [-0.15, -0.1) is 10.2 Å². The number of nitrogens with one attached hydrogen (secondary N) is 2. The Morgan fingerprint density at radius 3 is 2.60 bits per heavy atom. The Hall–Kier alpha value is -3.73. The lowest BCUT2D eigenvalue weighted by molar-refractivity contribution is -0.138. The number of carbonyl (C=O) groups excluding carboxylic acids is 3. The summed E-state index contributed by atoms with van der Waals surface area (Å²) in [5.74, 6) is -0.223. The molecule has 1 saturated heterocycles. The second-order valence-corrected chi connectivity index (χ2v) is 9.80. The van der Waals surface area contributed by atoms with Crippen molar-refractivity contribution < 1.29 is 14.4 Å². The Kier molecular flexibility index (Phi) is 6.25. The van der Waals surface area contributed by atoms with Crippen LogP contribution in [0.25, 0.3) is 11.4 Å². The maximum atomic E-state index is 13.0.